The van der Waals surface area contributed by atoms with Crippen molar-refractivity contribution in [2.45, 2.75) is 49.4 Å². The Morgan fingerprint density at radius 3 is 2.77 bits per heavy atom. The minimum Gasteiger partial charge on any atom is -0.480 e. The Bertz CT molecular complexity index is 890. The lowest BCUT2D eigenvalue weighted by Gasteiger charge is -2.51. The number of carboxylic acids is 1. The van der Waals surface area contributed by atoms with Crippen molar-refractivity contribution in [1.82, 2.24) is 10.1 Å². The number of aliphatic carboxylic acids is 1. The Morgan fingerprint density at radius 2 is 2.15 bits per heavy atom. The number of aromatic nitrogens is 1. The van der Waals surface area contributed by atoms with Gasteiger partial charge in [-0.15, -0.1) is 11.8 Å². The van der Waals surface area contributed by atoms with Crippen LogP contribution in [0, 0.1) is 6.92 Å². The third kappa shape index (κ3) is 2.13. The average molecular weight is 377 g/mol. The molecule has 2 fully saturated rings. The van der Waals surface area contributed by atoms with Gasteiger partial charge in [0.25, 0.3) is 5.91 Å². The minimum absolute atomic E-state index is 0.251. The zero-order chi connectivity index (χ0) is 18.9. The SMILES string of the molecule is Cc1noc(-c2ccco2)c1N[C@@]1(C)C(=O)N2[C@@H](C(=O)O)C(C)(C)S[C@@H]21. The number of anilines is 1. The summed E-state index contributed by atoms with van der Waals surface area (Å²) in [6.45, 7) is 7.25. The predicted octanol–water partition coefficient (Wildman–Crippen LogP) is 2.56. The van der Waals surface area contributed by atoms with Gasteiger partial charge in [0.1, 0.15) is 28.3 Å². The van der Waals surface area contributed by atoms with Crippen molar-refractivity contribution in [2.24, 2.45) is 0 Å². The summed E-state index contributed by atoms with van der Waals surface area (Å²) in [7, 11) is 0. The van der Waals surface area contributed by atoms with Crippen molar-refractivity contribution in [3.63, 3.8) is 0 Å². The monoisotopic (exact) mass is 377 g/mol. The number of hydrogen-bond acceptors (Lipinski definition) is 7. The molecule has 0 bridgehead atoms. The lowest BCUT2D eigenvalue weighted by Crippen LogP contribution is -2.75. The zero-order valence-corrected chi connectivity index (χ0v) is 15.6. The third-order valence-electron chi connectivity index (χ3n) is 5.00. The Hall–Kier alpha value is -2.42. The molecule has 0 spiro atoms. The molecule has 1 amide bonds. The van der Waals surface area contributed by atoms with Crippen LogP contribution in [0.4, 0.5) is 5.69 Å². The molecule has 0 radical (unpaired) electrons. The lowest BCUT2D eigenvalue weighted by atomic mass is 9.86. The number of β-lactam (4-membered cyclic amide) rings is 1. The van der Waals surface area contributed by atoms with Gasteiger partial charge in [0.05, 0.1) is 6.26 Å². The maximum Gasteiger partial charge on any atom is 0.327 e. The van der Waals surface area contributed by atoms with Crippen LogP contribution in [0.2, 0.25) is 0 Å². The quantitative estimate of drug-likeness (QED) is 0.783. The van der Waals surface area contributed by atoms with Gasteiger partial charge in [0.2, 0.25) is 5.76 Å². The number of hydrogen-bond donors (Lipinski definition) is 2. The maximum atomic E-state index is 12.9. The second kappa shape index (κ2) is 5.29. The zero-order valence-electron chi connectivity index (χ0n) is 14.8. The number of rotatable bonds is 4. The summed E-state index contributed by atoms with van der Waals surface area (Å²) in [5.74, 6) is -0.322. The Morgan fingerprint density at radius 1 is 1.42 bits per heavy atom. The molecule has 2 saturated heterocycles. The molecule has 0 saturated carbocycles. The number of carbonyl (C=O) groups excluding carboxylic acids is 1. The summed E-state index contributed by atoms with van der Waals surface area (Å²) in [4.78, 5) is 26.0. The molecule has 2 aliphatic rings. The van der Waals surface area contributed by atoms with Crippen LogP contribution < -0.4 is 5.32 Å². The number of carbonyl (C=O) groups is 2. The van der Waals surface area contributed by atoms with E-state index in [1.54, 1.807) is 26.0 Å². The van der Waals surface area contributed by atoms with E-state index in [9.17, 15) is 14.7 Å². The van der Waals surface area contributed by atoms with E-state index < -0.39 is 22.3 Å². The van der Waals surface area contributed by atoms with Gasteiger partial charge in [-0.3, -0.25) is 4.79 Å². The van der Waals surface area contributed by atoms with E-state index in [0.29, 0.717) is 22.9 Å². The second-order valence-corrected chi connectivity index (χ2v) is 9.04. The van der Waals surface area contributed by atoms with Gasteiger partial charge in [-0.25, -0.2) is 4.79 Å². The molecule has 0 aromatic carbocycles. The van der Waals surface area contributed by atoms with Crippen molar-refractivity contribution >= 4 is 29.3 Å². The topological polar surface area (TPSA) is 109 Å². The Labute approximate surface area is 153 Å². The molecule has 0 unspecified atom stereocenters. The number of nitrogens with zero attached hydrogens (tertiary/aromatic N) is 2. The molecule has 2 aromatic rings. The number of fused-ring (bicyclic) bond motifs is 1. The molecular formula is C17H19N3O5S. The van der Waals surface area contributed by atoms with E-state index in [-0.39, 0.29) is 11.3 Å². The van der Waals surface area contributed by atoms with E-state index >= 15 is 0 Å². The summed E-state index contributed by atoms with van der Waals surface area (Å²) in [6, 6.07) is 2.63. The van der Waals surface area contributed by atoms with Gasteiger partial charge < -0.3 is 24.3 Å². The lowest BCUT2D eigenvalue weighted by molar-refractivity contribution is -0.163. The summed E-state index contributed by atoms with van der Waals surface area (Å²) >= 11 is 1.48. The number of nitrogens with one attached hydrogen (secondary N) is 1. The number of amides is 1. The minimum atomic E-state index is -0.988. The van der Waals surface area contributed by atoms with Crippen molar-refractivity contribution in [1.29, 1.82) is 0 Å². The fraction of sp³-hybridized carbons (Fsp3) is 0.471. The van der Waals surface area contributed by atoms with Crippen LogP contribution in [-0.2, 0) is 9.59 Å². The van der Waals surface area contributed by atoms with Gasteiger partial charge in [0, 0.05) is 4.75 Å². The van der Waals surface area contributed by atoms with Gasteiger partial charge in [-0.2, -0.15) is 0 Å². The predicted molar refractivity (Wildman–Crippen MR) is 94.7 cm³/mol. The highest BCUT2D eigenvalue weighted by Crippen LogP contribution is 2.56. The molecule has 0 aliphatic carbocycles. The van der Waals surface area contributed by atoms with Crippen LogP contribution in [0.15, 0.2) is 27.3 Å². The molecule has 2 aliphatic heterocycles. The molecule has 3 atom stereocenters. The first-order valence-electron chi connectivity index (χ1n) is 8.18. The molecule has 4 rings (SSSR count). The van der Waals surface area contributed by atoms with Crippen LogP contribution in [0.3, 0.4) is 0 Å². The van der Waals surface area contributed by atoms with Crippen LogP contribution in [0.5, 0.6) is 0 Å². The van der Waals surface area contributed by atoms with E-state index in [4.69, 9.17) is 8.94 Å². The second-order valence-electron chi connectivity index (χ2n) is 7.30. The standard InChI is InChI=1S/C17H19N3O5S/c1-8-10(11(25-19-8)9-6-5-7-24-9)18-17(4)14(23)20-12(13(21)22)16(2,3)26-15(17)20/h5-7,12,15,18H,1-4H3,(H,21,22)/t12-,15+,17-/m0/s1. The first-order valence-corrected chi connectivity index (χ1v) is 9.06. The average Bonchev–Trinajstić information content (AvgIpc) is 3.25. The number of thioether (sulfide) groups is 1. The van der Waals surface area contributed by atoms with Crippen LogP contribution in [0.1, 0.15) is 26.5 Å². The number of aryl methyl sites for hydroxylation is 1. The summed E-state index contributed by atoms with van der Waals surface area (Å²) in [5, 5.41) is 16.5. The number of carboxylic acid groups (broad SMARTS) is 1. The van der Waals surface area contributed by atoms with Crippen molar-refractivity contribution in [3.05, 3.63) is 24.1 Å². The van der Waals surface area contributed by atoms with E-state index in [2.05, 4.69) is 10.5 Å². The van der Waals surface area contributed by atoms with E-state index in [1.807, 2.05) is 13.8 Å². The first kappa shape index (κ1) is 17.0. The Kier molecular flexibility index (Phi) is 3.46. The molecule has 2 N–H and O–H groups in total. The van der Waals surface area contributed by atoms with Gasteiger partial charge in [-0.1, -0.05) is 5.16 Å². The highest BCUT2D eigenvalue weighted by atomic mass is 32.2. The molecular weight excluding hydrogens is 358 g/mol. The van der Waals surface area contributed by atoms with Crippen LogP contribution in [0.25, 0.3) is 11.5 Å². The summed E-state index contributed by atoms with van der Waals surface area (Å²) in [6.07, 6.45) is 1.53. The maximum absolute atomic E-state index is 12.9. The number of furan rings is 1. The molecule has 138 valence electrons. The van der Waals surface area contributed by atoms with Crippen LogP contribution >= 0.6 is 11.8 Å². The Balaban J connectivity index is 1.68. The van der Waals surface area contributed by atoms with E-state index in [1.165, 1.54) is 22.9 Å². The molecule has 4 heterocycles. The van der Waals surface area contributed by atoms with Crippen molar-refractivity contribution in [3.8, 4) is 11.5 Å². The van der Waals surface area contributed by atoms with Crippen molar-refractivity contribution in [2.75, 3.05) is 5.32 Å². The van der Waals surface area contributed by atoms with Crippen molar-refractivity contribution < 1.29 is 23.6 Å². The fourth-order valence-electron chi connectivity index (χ4n) is 3.69. The summed E-state index contributed by atoms with van der Waals surface area (Å²) < 4.78 is 10.2. The molecule has 8 nitrogen and oxygen atoms in total. The fourth-order valence-corrected chi connectivity index (χ4v) is 5.34. The summed E-state index contributed by atoms with van der Waals surface area (Å²) in [5.41, 5.74) is 0.220. The van der Waals surface area contributed by atoms with Crippen LogP contribution in [-0.4, -0.2) is 48.7 Å². The highest BCUT2D eigenvalue weighted by molar-refractivity contribution is 8.01. The largest absolute Gasteiger partial charge is 0.480 e. The van der Waals surface area contributed by atoms with Gasteiger partial charge >= 0.3 is 5.97 Å². The highest BCUT2D eigenvalue weighted by Gasteiger charge is 2.69. The normalized spacial score (nSPS) is 29.4. The van der Waals surface area contributed by atoms with E-state index in [0.717, 1.165) is 0 Å². The molecule has 26 heavy (non-hydrogen) atoms. The smallest absolute Gasteiger partial charge is 0.327 e. The first-order chi connectivity index (χ1) is 12.2. The van der Waals surface area contributed by atoms with Gasteiger partial charge in [-0.05, 0) is 39.8 Å². The molecule has 2 aromatic heterocycles. The van der Waals surface area contributed by atoms with Gasteiger partial charge in [0.15, 0.2) is 5.76 Å². The molecule has 9 heteroatoms. The third-order valence-corrected chi connectivity index (χ3v) is 6.76.